The lowest BCUT2D eigenvalue weighted by molar-refractivity contribution is 0.403. The van der Waals surface area contributed by atoms with Crippen LogP contribution in [0.2, 0.25) is 0 Å². The van der Waals surface area contributed by atoms with E-state index in [0.29, 0.717) is 17.8 Å². The first kappa shape index (κ1) is 18.9. The molecule has 0 radical (unpaired) electrons. The Labute approximate surface area is 168 Å². The van der Waals surface area contributed by atoms with Crippen LogP contribution in [-0.4, -0.2) is 43.9 Å². The van der Waals surface area contributed by atoms with Crippen molar-refractivity contribution in [2.24, 2.45) is 0 Å². The van der Waals surface area contributed by atoms with Crippen molar-refractivity contribution in [3.8, 4) is 11.4 Å². The first-order chi connectivity index (χ1) is 14.1. The van der Waals surface area contributed by atoms with Gasteiger partial charge in [0.25, 0.3) is 0 Å². The molecular weight excluding hydrogens is 370 g/mol. The van der Waals surface area contributed by atoms with E-state index in [-0.39, 0.29) is 11.3 Å². The van der Waals surface area contributed by atoms with Crippen LogP contribution in [0.25, 0.3) is 5.69 Å². The molecule has 0 spiro atoms. The maximum Gasteiger partial charge on any atom is 0.313 e. The Kier molecular flexibility index (Phi) is 5.37. The summed E-state index contributed by atoms with van der Waals surface area (Å²) in [5, 5.41) is 11.0. The molecule has 4 rings (SSSR count). The Bertz CT molecular complexity index is 1020. The summed E-state index contributed by atoms with van der Waals surface area (Å²) >= 11 is 0. The van der Waals surface area contributed by atoms with Crippen LogP contribution in [0.4, 0.5) is 11.6 Å². The number of hydrogen-bond donors (Lipinski definition) is 2. The minimum atomic E-state index is -0.318. The van der Waals surface area contributed by atoms with Crippen LogP contribution in [0, 0.1) is 6.92 Å². The Morgan fingerprint density at radius 2 is 1.76 bits per heavy atom. The summed E-state index contributed by atoms with van der Waals surface area (Å²) in [6.45, 7) is 1.92. The molecule has 3 aromatic rings. The van der Waals surface area contributed by atoms with Crippen LogP contribution in [0.15, 0.2) is 47.8 Å². The highest BCUT2D eigenvalue weighted by molar-refractivity contribution is 5.42. The van der Waals surface area contributed by atoms with Gasteiger partial charge >= 0.3 is 5.56 Å². The summed E-state index contributed by atoms with van der Waals surface area (Å²) in [6.07, 6.45) is 9.74. The lowest BCUT2D eigenvalue weighted by Crippen LogP contribution is -2.23. The largest absolute Gasteiger partial charge is 0.491 e. The lowest BCUT2D eigenvalue weighted by Gasteiger charge is -2.15. The van der Waals surface area contributed by atoms with Gasteiger partial charge in [-0.3, -0.25) is 9.78 Å². The summed E-state index contributed by atoms with van der Waals surface area (Å²) in [5.74, 6) is 1.82. The SMILES string of the molecule is COc1ccnn(-c2ccc(N[C@H]3CC[C@H](Nc4cnc(C)cn4)C3)nc2)c1=O. The van der Waals surface area contributed by atoms with E-state index in [1.54, 1.807) is 18.6 Å². The molecule has 29 heavy (non-hydrogen) atoms. The second-order valence-corrected chi connectivity index (χ2v) is 7.06. The third kappa shape index (κ3) is 4.34. The zero-order chi connectivity index (χ0) is 20.2. The molecular formula is C20H23N7O2. The highest BCUT2D eigenvalue weighted by Gasteiger charge is 2.25. The van der Waals surface area contributed by atoms with E-state index in [2.05, 4.69) is 30.7 Å². The van der Waals surface area contributed by atoms with Crippen LogP contribution in [0.1, 0.15) is 25.0 Å². The van der Waals surface area contributed by atoms with E-state index in [0.717, 1.165) is 36.6 Å². The Morgan fingerprint density at radius 1 is 1.00 bits per heavy atom. The topological polar surface area (TPSA) is 107 Å². The maximum absolute atomic E-state index is 12.3. The number of ether oxygens (including phenoxy) is 1. The van der Waals surface area contributed by atoms with Gasteiger partial charge in [0.15, 0.2) is 5.75 Å². The first-order valence-corrected chi connectivity index (χ1v) is 9.53. The number of aryl methyl sites for hydroxylation is 1. The van der Waals surface area contributed by atoms with E-state index in [1.165, 1.54) is 24.1 Å². The summed E-state index contributed by atoms with van der Waals surface area (Å²) in [4.78, 5) is 25.4. The number of nitrogens with one attached hydrogen (secondary N) is 2. The Morgan fingerprint density at radius 3 is 2.41 bits per heavy atom. The number of methoxy groups -OCH3 is 1. The van der Waals surface area contributed by atoms with Gasteiger partial charge in [0.2, 0.25) is 0 Å². The molecule has 1 fully saturated rings. The third-order valence-electron chi connectivity index (χ3n) is 4.94. The van der Waals surface area contributed by atoms with Crippen LogP contribution >= 0.6 is 0 Å². The highest BCUT2D eigenvalue weighted by Crippen LogP contribution is 2.25. The highest BCUT2D eigenvalue weighted by atomic mass is 16.5. The normalized spacial score (nSPS) is 18.4. The molecule has 1 aliphatic carbocycles. The number of anilines is 2. The molecule has 0 aliphatic heterocycles. The Hall–Kier alpha value is -3.49. The van der Waals surface area contributed by atoms with Gasteiger partial charge in [-0.05, 0) is 38.3 Å². The van der Waals surface area contributed by atoms with E-state index in [1.807, 2.05) is 19.1 Å². The molecule has 0 unspecified atom stereocenters. The molecule has 1 saturated carbocycles. The van der Waals surface area contributed by atoms with Crippen molar-refractivity contribution in [3.05, 3.63) is 59.0 Å². The summed E-state index contributed by atoms with van der Waals surface area (Å²) in [5.41, 5.74) is 1.17. The van der Waals surface area contributed by atoms with Gasteiger partial charge in [-0.25, -0.2) is 9.97 Å². The molecule has 1 aliphatic rings. The second-order valence-electron chi connectivity index (χ2n) is 7.06. The van der Waals surface area contributed by atoms with Crippen molar-refractivity contribution in [2.45, 2.75) is 38.3 Å². The fourth-order valence-corrected chi connectivity index (χ4v) is 3.46. The molecule has 9 heteroatoms. The van der Waals surface area contributed by atoms with Crippen molar-refractivity contribution in [3.63, 3.8) is 0 Å². The molecule has 3 aromatic heterocycles. The smallest absolute Gasteiger partial charge is 0.313 e. The van der Waals surface area contributed by atoms with Gasteiger partial charge in [0.1, 0.15) is 11.6 Å². The van der Waals surface area contributed by atoms with E-state index < -0.39 is 0 Å². The summed E-state index contributed by atoms with van der Waals surface area (Å²) in [7, 11) is 1.46. The van der Waals surface area contributed by atoms with Crippen LogP contribution in [0.3, 0.4) is 0 Å². The average molecular weight is 393 g/mol. The number of hydrogen-bond acceptors (Lipinski definition) is 8. The average Bonchev–Trinajstić information content (AvgIpc) is 3.17. The number of rotatable bonds is 6. The van der Waals surface area contributed by atoms with Crippen LogP contribution < -0.4 is 20.9 Å². The van der Waals surface area contributed by atoms with Crippen LogP contribution in [0.5, 0.6) is 5.75 Å². The quantitative estimate of drug-likeness (QED) is 0.656. The van der Waals surface area contributed by atoms with Crippen molar-refractivity contribution >= 4 is 11.6 Å². The second kappa shape index (κ2) is 8.26. The predicted molar refractivity (Wildman–Crippen MR) is 110 cm³/mol. The molecule has 0 amide bonds. The zero-order valence-corrected chi connectivity index (χ0v) is 16.4. The van der Waals surface area contributed by atoms with Gasteiger partial charge < -0.3 is 15.4 Å². The molecule has 0 aromatic carbocycles. The molecule has 3 heterocycles. The monoisotopic (exact) mass is 393 g/mol. The van der Waals surface area contributed by atoms with E-state index in [4.69, 9.17) is 4.74 Å². The molecule has 2 atom stereocenters. The maximum atomic E-state index is 12.3. The molecule has 2 N–H and O–H groups in total. The lowest BCUT2D eigenvalue weighted by atomic mass is 10.2. The summed E-state index contributed by atoms with van der Waals surface area (Å²) < 4.78 is 6.33. The van der Waals surface area contributed by atoms with Gasteiger partial charge in [0, 0.05) is 18.2 Å². The van der Waals surface area contributed by atoms with E-state index >= 15 is 0 Å². The Balaban J connectivity index is 1.37. The van der Waals surface area contributed by atoms with Gasteiger partial charge in [-0.2, -0.15) is 9.78 Å². The molecule has 0 bridgehead atoms. The van der Waals surface area contributed by atoms with E-state index in [9.17, 15) is 4.79 Å². The van der Waals surface area contributed by atoms with Crippen molar-refractivity contribution in [1.29, 1.82) is 0 Å². The van der Waals surface area contributed by atoms with Gasteiger partial charge in [0.05, 0.1) is 43.3 Å². The molecule has 150 valence electrons. The first-order valence-electron chi connectivity index (χ1n) is 9.53. The predicted octanol–water partition coefficient (Wildman–Crippen LogP) is 2.18. The fraction of sp³-hybridized carbons (Fsp3) is 0.350. The minimum absolute atomic E-state index is 0.241. The minimum Gasteiger partial charge on any atom is -0.491 e. The number of pyridine rings is 1. The van der Waals surface area contributed by atoms with Crippen LogP contribution in [-0.2, 0) is 0 Å². The fourth-order valence-electron chi connectivity index (χ4n) is 3.46. The zero-order valence-electron chi connectivity index (χ0n) is 16.4. The van der Waals surface area contributed by atoms with Crippen molar-refractivity contribution < 1.29 is 4.74 Å². The van der Waals surface area contributed by atoms with Crippen molar-refractivity contribution in [2.75, 3.05) is 17.7 Å². The molecule has 9 nitrogen and oxygen atoms in total. The molecule has 0 saturated heterocycles. The number of aromatic nitrogens is 5. The van der Waals surface area contributed by atoms with Gasteiger partial charge in [-0.15, -0.1) is 0 Å². The standard InChI is InChI=1S/C20H23N7O2/c1-13-10-22-19(12-21-13)26-15-4-3-14(9-15)25-18-6-5-16(11-23-18)27-20(28)17(29-2)7-8-24-27/h5-8,10-12,14-15H,3-4,9H2,1-2H3,(H,22,26)(H,23,25)/t14-,15-/m0/s1. The summed E-state index contributed by atoms with van der Waals surface area (Å²) in [6, 6.07) is 5.88. The van der Waals surface area contributed by atoms with Gasteiger partial charge in [-0.1, -0.05) is 0 Å². The van der Waals surface area contributed by atoms with Crippen molar-refractivity contribution in [1.82, 2.24) is 24.7 Å². The third-order valence-corrected chi connectivity index (χ3v) is 4.94. The number of nitrogens with zero attached hydrogens (tertiary/aromatic N) is 5.